The molecule has 0 aliphatic heterocycles. The van der Waals surface area contributed by atoms with E-state index in [2.05, 4.69) is 0 Å². The summed E-state index contributed by atoms with van der Waals surface area (Å²) in [4.78, 5) is 0. The van der Waals surface area contributed by atoms with Crippen molar-refractivity contribution in [3.05, 3.63) is 71.3 Å². The van der Waals surface area contributed by atoms with E-state index in [1.807, 2.05) is 30.3 Å². The molecule has 0 bridgehead atoms. The zero-order valence-electron chi connectivity index (χ0n) is 14.1. The molecule has 1 heterocycles. The molecule has 0 fully saturated rings. The van der Waals surface area contributed by atoms with Crippen molar-refractivity contribution in [1.29, 1.82) is 0 Å². The second-order valence-corrected chi connectivity index (χ2v) is 6.24. The van der Waals surface area contributed by atoms with Crippen molar-refractivity contribution in [3.63, 3.8) is 0 Å². The van der Waals surface area contributed by atoms with Gasteiger partial charge in [-0.1, -0.05) is 36.4 Å². The number of rotatable bonds is 6. The van der Waals surface area contributed by atoms with E-state index in [-0.39, 0.29) is 36.3 Å². The molecule has 0 aliphatic carbocycles. The normalized spacial score (nSPS) is 12.2. The van der Waals surface area contributed by atoms with E-state index >= 15 is 0 Å². The molecule has 26 heavy (non-hydrogen) atoms. The number of hydrogen-bond acceptors (Lipinski definition) is 5. The Bertz CT molecular complexity index is 889. The van der Waals surface area contributed by atoms with Gasteiger partial charge < -0.3 is 25.5 Å². The van der Waals surface area contributed by atoms with Gasteiger partial charge in [0.05, 0.1) is 12.6 Å². The summed E-state index contributed by atoms with van der Waals surface area (Å²) in [6.07, 6.45) is 0.610. The first-order valence-corrected chi connectivity index (χ1v) is 8.27. The van der Waals surface area contributed by atoms with Crippen LogP contribution in [-0.4, -0.2) is 36.7 Å². The molecule has 0 aliphatic rings. The van der Waals surface area contributed by atoms with Gasteiger partial charge in [0, 0.05) is 24.1 Å². The average molecular weight is 355 g/mol. The molecule has 3 rings (SSSR count). The van der Waals surface area contributed by atoms with Gasteiger partial charge >= 0.3 is 0 Å². The molecule has 6 nitrogen and oxygen atoms in total. The number of nitrogens with zero attached hydrogens (tertiary/aromatic N) is 1. The van der Waals surface area contributed by atoms with Crippen LogP contribution in [0.5, 0.6) is 23.3 Å². The molecular formula is C20H21NO5. The third-order valence-corrected chi connectivity index (χ3v) is 4.41. The molecule has 1 atom stereocenters. The lowest BCUT2D eigenvalue weighted by Crippen LogP contribution is -2.15. The lowest BCUT2D eigenvalue weighted by atomic mass is 10.1. The van der Waals surface area contributed by atoms with Crippen molar-refractivity contribution in [2.45, 2.75) is 18.9 Å². The Labute approximate surface area is 150 Å². The van der Waals surface area contributed by atoms with Gasteiger partial charge in [-0.25, -0.2) is 0 Å². The van der Waals surface area contributed by atoms with Crippen LogP contribution in [-0.2, 0) is 12.8 Å². The Kier molecular flexibility index (Phi) is 5.04. The van der Waals surface area contributed by atoms with Gasteiger partial charge in [-0.05, 0) is 23.6 Å². The molecule has 0 radical (unpaired) electrons. The Morgan fingerprint density at radius 2 is 1.58 bits per heavy atom. The molecule has 0 saturated carbocycles. The Hall–Kier alpha value is -3.12. The molecule has 5 N–H and O–H groups in total. The van der Waals surface area contributed by atoms with Crippen LogP contribution in [0.15, 0.2) is 54.6 Å². The lowest BCUT2D eigenvalue weighted by molar-refractivity contribution is 0.206. The Balaban J connectivity index is 1.89. The standard InChI is InChI=1S/C20H21NO5/c22-12-16(8-13-4-2-1-3-5-13)21-19(25)10-15(20(21)26)9-14-6-7-17(23)11-18(14)24/h1-7,10-11,16,22-26H,8-9,12H2. The van der Waals surface area contributed by atoms with E-state index in [0.717, 1.165) is 5.56 Å². The molecule has 136 valence electrons. The Morgan fingerprint density at radius 1 is 0.846 bits per heavy atom. The van der Waals surface area contributed by atoms with E-state index in [1.54, 1.807) is 6.07 Å². The van der Waals surface area contributed by atoms with Gasteiger partial charge in [0.15, 0.2) is 11.8 Å². The maximum Gasteiger partial charge on any atom is 0.197 e. The predicted molar refractivity (Wildman–Crippen MR) is 96.6 cm³/mol. The molecule has 3 aromatic rings. The SMILES string of the molecule is OCC(Cc1ccccc1)n1c(O)cc(Cc2ccc(O)cc2O)c1O. The van der Waals surface area contributed by atoms with Crippen LogP contribution in [0.25, 0.3) is 0 Å². The second kappa shape index (κ2) is 7.41. The van der Waals surface area contributed by atoms with Gasteiger partial charge in [0.2, 0.25) is 0 Å². The maximum absolute atomic E-state index is 10.6. The summed E-state index contributed by atoms with van der Waals surface area (Å²) in [5, 5.41) is 49.9. The fraction of sp³-hybridized carbons (Fsp3) is 0.200. The number of hydrogen-bond donors (Lipinski definition) is 5. The highest BCUT2D eigenvalue weighted by atomic mass is 16.3. The zero-order chi connectivity index (χ0) is 18.7. The summed E-state index contributed by atoms with van der Waals surface area (Å²) in [6, 6.07) is 14.6. The summed E-state index contributed by atoms with van der Waals surface area (Å²) in [7, 11) is 0. The topological polar surface area (TPSA) is 106 Å². The van der Waals surface area contributed by atoms with Crippen LogP contribution >= 0.6 is 0 Å². The monoisotopic (exact) mass is 355 g/mol. The minimum Gasteiger partial charge on any atom is -0.508 e. The molecule has 0 saturated heterocycles. The second-order valence-electron chi connectivity index (χ2n) is 6.24. The minimum absolute atomic E-state index is 0.0564. The molecule has 1 unspecified atom stereocenters. The van der Waals surface area contributed by atoms with Crippen molar-refractivity contribution in [2.24, 2.45) is 0 Å². The van der Waals surface area contributed by atoms with Crippen molar-refractivity contribution in [2.75, 3.05) is 6.61 Å². The van der Waals surface area contributed by atoms with Gasteiger partial charge in [-0.3, -0.25) is 4.57 Å². The summed E-state index contributed by atoms with van der Waals surface area (Å²) in [5.41, 5.74) is 1.88. The molecule has 0 spiro atoms. The minimum atomic E-state index is -0.528. The summed E-state index contributed by atoms with van der Waals surface area (Å²) < 4.78 is 1.29. The zero-order valence-corrected chi connectivity index (χ0v) is 14.1. The first-order valence-electron chi connectivity index (χ1n) is 8.27. The smallest absolute Gasteiger partial charge is 0.197 e. The summed E-state index contributed by atoms with van der Waals surface area (Å²) in [5.74, 6) is -0.477. The number of aliphatic hydroxyl groups excluding tert-OH is 1. The first-order chi connectivity index (χ1) is 12.5. The van der Waals surface area contributed by atoms with Gasteiger partial charge in [0.1, 0.15) is 11.5 Å². The van der Waals surface area contributed by atoms with Gasteiger partial charge in [-0.2, -0.15) is 0 Å². The van der Waals surface area contributed by atoms with Crippen molar-refractivity contribution in [3.8, 4) is 23.3 Å². The van der Waals surface area contributed by atoms with E-state index in [9.17, 15) is 25.5 Å². The predicted octanol–water partition coefficient (Wildman–Crippen LogP) is 2.68. The molecule has 2 aromatic carbocycles. The van der Waals surface area contributed by atoms with E-state index in [4.69, 9.17) is 0 Å². The molecule has 6 heteroatoms. The van der Waals surface area contributed by atoms with Crippen LogP contribution in [0, 0.1) is 0 Å². The van der Waals surface area contributed by atoms with Crippen molar-refractivity contribution < 1.29 is 25.5 Å². The largest absolute Gasteiger partial charge is 0.508 e. The number of aromatic hydroxyl groups is 4. The third-order valence-electron chi connectivity index (χ3n) is 4.41. The first kappa shape index (κ1) is 17.7. The highest BCUT2D eigenvalue weighted by Gasteiger charge is 2.22. The molecular weight excluding hydrogens is 334 g/mol. The summed E-state index contributed by atoms with van der Waals surface area (Å²) in [6.45, 7) is -0.255. The average Bonchev–Trinajstić information content (AvgIpc) is 2.90. The van der Waals surface area contributed by atoms with Crippen molar-refractivity contribution in [1.82, 2.24) is 4.57 Å². The highest BCUT2D eigenvalue weighted by molar-refractivity contribution is 5.45. The quantitative estimate of drug-likeness (QED) is 0.467. The van der Waals surface area contributed by atoms with Crippen molar-refractivity contribution >= 4 is 0 Å². The number of phenolic OH excluding ortho intramolecular Hbond substituents is 2. The molecule has 0 amide bonds. The van der Waals surface area contributed by atoms with Gasteiger partial charge in [0.25, 0.3) is 0 Å². The Morgan fingerprint density at radius 3 is 2.23 bits per heavy atom. The number of aromatic nitrogens is 1. The molecule has 1 aromatic heterocycles. The maximum atomic E-state index is 10.6. The highest BCUT2D eigenvalue weighted by Crippen LogP contribution is 2.35. The van der Waals surface area contributed by atoms with Gasteiger partial charge in [-0.15, -0.1) is 0 Å². The fourth-order valence-corrected chi connectivity index (χ4v) is 3.07. The van der Waals surface area contributed by atoms with Crippen LogP contribution in [0.1, 0.15) is 22.7 Å². The van der Waals surface area contributed by atoms with E-state index in [0.29, 0.717) is 17.5 Å². The third kappa shape index (κ3) is 3.60. The van der Waals surface area contributed by atoms with Crippen LogP contribution in [0.2, 0.25) is 0 Å². The number of aliphatic hydroxyl groups is 1. The van der Waals surface area contributed by atoms with Crippen LogP contribution in [0.4, 0.5) is 0 Å². The van der Waals surface area contributed by atoms with E-state index < -0.39 is 6.04 Å². The summed E-state index contributed by atoms with van der Waals surface area (Å²) >= 11 is 0. The number of phenols is 2. The number of benzene rings is 2. The van der Waals surface area contributed by atoms with E-state index in [1.165, 1.54) is 22.8 Å². The fourth-order valence-electron chi connectivity index (χ4n) is 3.07. The lowest BCUT2D eigenvalue weighted by Gasteiger charge is -2.19. The van der Waals surface area contributed by atoms with Crippen LogP contribution < -0.4 is 0 Å². The van der Waals surface area contributed by atoms with Crippen LogP contribution in [0.3, 0.4) is 0 Å².